The number of aryl methyl sites for hydroxylation is 1. The predicted molar refractivity (Wildman–Crippen MR) is 125 cm³/mol. The van der Waals surface area contributed by atoms with Crippen molar-refractivity contribution in [1.82, 2.24) is 4.57 Å². The first-order chi connectivity index (χ1) is 15.6. The smallest absolute Gasteiger partial charge is 0.420 e. The number of carbonyl (C=O) groups excluding carboxylic acids is 1. The van der Waals surface area contributed by atoms with Crippen LogP contribution >= 0.6 is 0 Å². The molecule has 6 nitrogen and oxygen atoms in total. The zero-order valence-electron chi connectivity index (χ0n) is 18.3. The molecule has 0 unspecified atom stereocenters. The third-order valence-corrected chi connectivity index (χ3v) is 5.54. The Balaban J connectivity index is 1.50. The number of hydrogen-bond donors (Lipinski definition) is 1. The number of fused-ring (bicyclic) bond motifs is 1. The molecule has 0 aliphatic heterocycles. The van der Waals surface area contributed by atoms with Crippen molar-refractivity contribution in [2.24, 2.45) is 0 Å². The van der Waals surface area contributed by atoms with Gasteiger partial charge in [-0.2, -0.15) is 0 Å². The van der Waals surface area contributed by atoms with Gasteiger partial charge in [-0.1, -0.05) is 55.5 Å². The second kappa shape index (κ2) is 9.56. The molecule has 0 amide bonds. The largest absolute Gasteiger partial charge is 0.468 e. The van der Waals surface area contributed by atoms with Gasteiger partial charge in [-0.05, 0) is 53.3 Å². The van der Waals surface area contributed by atoms with Crippen LogP contribution in [0.25, 0.3) is 11.1 Å². The lowest BCUT2D eigenvalue weighted by molar-refractivity contribution is -0.138. The van der Waals surface area contributed by atoms with Gasteiger partial charge in [-0.15, -0.1) is 0 Å². The molecule has 1 N–H and O–H groups in total. The summed E-state index contributed by atoms with van der Waals surface area (Å²) in [5, 5.41) is 2.99. The highest BCUT2D eigenvalue weighted by atomic mass is 16.5. The van der Waals surface area contributed by atoms with Crippen LogP contribution in [0.15, 0.2) is 75.9 Å². The Morgan fingerprint density at radius 3 is 2.19 bits per heavy atom. The Morgan fingerprint density at radius 2 is 1.56 bits per heavy atom. The molecule has 0 spiro atoms. The Bertz CT molecular complexity index is 1270. The zero-order valence-corrected chi connectivity index (χ0v) is 18.3. The van der Waals surface area contributed by atoms with Gasteiger partial charge in [0.25, 0.3) is 0 Å². The van der Waals surface area contributed by atoms with Gasteiger partial charge in [0.05, 0.1) is 19.2 Å². The molecule has 0 atom stereocenters. The zero-order chi connectivity index (χ0) is 22.5. The third-order valence-electron chi connectivity index (χ3n) is 5.54. The molecule has 164 valence electrons. The average Bonchev–Trinajstić information content (AvgIpc) is 3.13. The molecule has 0 saturated carbocycles. The molecular formula is C26H26N2O4. The highest BCUT2D eigenvalue weighted by molar-refractivity contribution is 5.80. The van der Waals surface area contributed by atoms with Crippen molar-refractivity contribution in [2.45, 2.75) is 26.3 Å². The van der Waals surface area contributed by atoms with Gasteiger partial charge in [0.2, 0.25) is 0 Å². The van der Waals surface area contributed by atoms with Gasteiger partial charge in [0.15, 0.2) is 5.58 Å². The fourth-order valence-electron chi connectivity index (χ4n) is 3.64. The summed E-state index contributed by atoms with van der Waals surface area (Å²) in [7, 11) is 1.34. The van der Waals surface area contributed by atoms with Crippen molar-refractivity contribution in [1.29, 1.82) is 0 Å². The number of aromatic nitrogens is 1. The van der Waals surface area contributed by atoms with Crippen molar-refractivity contribution in [3.8, 4) is 0 Å². The topological polar surface area (TPSA) is 73.5 Å². The van der Waals surface area contributed by atoms with E-state index in [-0.39, 0.29) is 12.5 Å². The van der Waals surface area contributed by atoms with E-state index in [1.165, 1.54) is 23.8 Å². The Morgan fingerprint density at radius 1 is 0.938 bits per heavy atom. The van der Waals surface area contributed by atoms with Crippen LogP contribution in [0.4, 0.5) is 5.69 Å². The summed E-state index contributed by atoms with van der Waals surface area (Å²) in [4.78, 5) is 23.8. The van der Waals surface area contributed by atoms with Gasteiger partial charge in [-0.25, -0.2) is 4.79 Å². The molecule has 4 aromatic rings. The van der Waals surface area contributed by atoms with Gasteiger partial charge < -0.3 is 14.5 Å². The molecule has 6 heteroatoms. The first-order valence-electron chi connectivity index (χ1n) is 10.7. The fourth-order valence-corrected chi connectivity index (χ4v) is 3.64. The van der Waals surface area contributed by atoms with Crippen molar-refractivity contribution in [3.05, 3.63) is 99.5 Å². The second-order valence-corrected chi connectivity index (χ2v) is 7.73. The molecule has 1 heterocycles. The number of methoxy groups -OCH3 is 1. The highest BCUT2D eigenvalue weighted by Gasteiger charge is 2.11. The molecule has 0 aliphatic carbocycles. The van der Waals surface area contributed by atoms with Crippen LogP contribution in [0, 0.1) is 0 Å². The van der Waals surface area contributed by atoms with Gasteiger partial charge in [0, 0.05) is 5.69 Å². The van der Waals surface area contributed by atoms with E-state index in [2.05, 4.69) is 53.4 Å². The summed E-state index contributed by atoms with van der Waals surface area (Å²) in [5.41, 5.74) is 6.73. The number of nitrogens with one attached hydrogen (secondary N) is 1. The van der Waals surface area contributed by atoms with Crippen molar-refractivity contribution >= 4 is 22.8 Å². The van der Waals surface area contributed by atoms with Crippen LogP contribution in [-0.4, -0.2) is 24.2 Å². The van der Waals surface area contributed by atoms with Crippen molar-refractivity contribution in [2.75, 3.05) is 19.0 Å². The molecule has 0 radical (unpaired) electrons. The lowest BCUT2D eigenvalue weighted by Gasteiger charge is -2.08. The quantitative estimate of drug-likeness (QED) is 0.420. The van der Waals surface area contributed by atoms with Crippen LogP contribution in [0.3, 0.4) is 0 Å². The first-order valence-corrected chi connectivity index (χ1v) is 10.7. The van der Waals surface area contributed by atoms with E-state index in [0.717, 1.165) is 18.4 Å². The number of hydrogen-bond acceptors (Lipinski definition) is 5. The molecule has 0 bridgehead atoms. The molecule has 0 aliphatic rings. The number of rotatable bonds is 8. The van der Waals surface area contributed by atoms with E-state index >= 15 is 0 Å². The SMILES string of the molecule is CCc1ccc(Cc2ccc(Cn3c(=O)oc4ccc(NCC(=O)OC)cc43)cc2)cc1. The predicted octanol–water partition coefficient (Wildman–Crippen LogP) is 4.38. The summed E-state index contributed by atoms with van der Waals surface area (Å²) in [6, 6.07) is 22.3. The molecule has 32 heavy (non-hydrogen) atoms. The Hall–Kier alpha value is -3.80. The van der Waals surface area contributed by atoms with E-state index in [4.69, 9.17) is 4.42 Å². The van der Waals surface area contributed by atoms with Crippen molar-refractivity contribution in [3.63, 3.8) is 0 Å². The minimum atomic E-state index is -0.412. The fraction of sp³-hybridized carbons (Fsp3) is 0.231. The van der Waals surface area contributed by atoms with Gasteiger partial charge >= 0.3 is 11.7 Å². The minimum Gasteiger partial charge on any atom is -0.468 e. The van der Waals surface area contributed by atoms with E-state index in [0.29, 0.717) is 23.3 Å². The van der Waals surface area contributed by atoms with Crippen LogP contribution < -0.4 is 11.1 Å². The number of ether oxygens (including phenoxy) is 1. The average molecular weight is 431 g/mol. The van der Waals surface area contributed by atoms with Crippen LogP contribution in [-0.2, 0) is 28.9 Å². The number of oxazole rings is 1. The van der Waals surface area contributed by atoms with E-state index < -0.39 is 5.76 Å². The van der Waals surface area contributed by atoms with E-state index in [9.17, 15) is 9.59 Å². The summed E-state index contributed by atoms with van der Waals surface area (Å²) in [6.45, 7) is 2.60. The number of benzene rings is 3. The van der Waals surface area contributed by atoms with Crippen molar-refractivity contribution < 1.29 is 13.9 Å². The molecule has 3 aromatic carbocycles. The summed E-state index contributed by atoms with van der Waals surface area (Å²) < 4.78 is 11.6. The maximum atomic E-state index is 12.4. The molecule has 0 fully saturated rings. The standard InChI is InChI=1S/C26H26N2O4/c1-3-18-4-6-19(7-5-18)14-20-8-10-21(11-9-20)17-28-23-15-22(27-16-25(29)31-2)12-13-24(23)32-26(28)30/h4-13,15,27H,3,14,16-17H2,1-2H3. The molecule has 0 saturated heterocycles. The maximum absolute atomic E-state index is 12.4. The third kappa shape index (κ3) is 4.91. The Labute approximate surface area is 186 Å². The normalized spacial score (nSPS) is 10.9. The highest BCUT2D eigenvalue weighted by Crippen LogP contribution is 2.20. The van der Waals surface area contributed by atoms with E-state index in [1.807, 2.05) is 12.1 Å². The Kier molecular flexibility index (Phi) is 6.40. The van der Waals surface area contributed by atoms with Crippen LogP contribution in [0.2, 0.25) is 0 Å². The molecular weight excluding hydrogens is 404 g/mol. The lowest BCUT2D eigenvalue weighted by atomic mass is 10.0. The summed E-state index contributed by atoms with van der Waals surface area (Å²) in [6.07, 6.45) is 1.91. The maximum Gasteiger partial charge on any atom is 0.420 e. The lowest BCUT2D eigenvalue weighted by Crippen LogP contribution is -2.16. The monoisotopic (exact) mass is 430 g/mol. The first kappa shape index (κ1) is 21.4. The number of anilines is 1. The molecule has 1 aromatic heterocycles. The van der Waals surface area contributed by atoms with Crippen LogP contribution in [0.1, 0.15) is 29.2 Å². The number of nitrogens with zero attached hydrogens (tertiary/aromatic N) is 1. The molecule has 4 rings (SSSR count). The van der Waals surface area contributed by atoms with E-state index in [1.54, 1.807) is 22.8 Å². The minimum absolute atomic E-state index is 0.0483. The second-order valence-electron chi connectivity index (χ2n) is 7.73. The summed E-state index contributed by atoms with van der Waals surface area (Å²) in [5.74, 6) is -0.777. The number of carbonyl (C=O) groups is 1. The van der Waals surface area contributed by atoms with Gasteiger partial charge in [-0.3, -0.25) is 9.36 Å². The van der Waals surface area contributed by atoms with Crippen LogP contribution in [0.5, 0.6) is 0 Å². The number of esters is 1. The summed E-state index contributed by atoms with van der Waals surface area (Å²) >= 11 is 0. The van der Waals surface area contributed by atoms with Gasteiger partial charge in [0.1, 0.15) is 6.54 Å².